The molecule has 1 rings (SSSR count). The first-order valence-electron chi connectivity index (χ1n) is 3.84. The molecule has 1 unspecified atom stereocenters. The van der Waals surface area contributed by atoms with Crippen LogP contribution in [-0.4, -0.2) is 25.2 Å². The Bertz CT molecular complexity index is 456. The van der Waals surface area contributed by atoms with E-state index in [1.807, 2.05) is 0 Å². The SMILES string of the molecule is COc1cccc(Cl)c1C(O)S(=O)(=O)O. The van der Waals surface area contributed by atoms with E-state index < -0.39 is 15.6 Å². The van der Waals surface area contributed by atoms with E-state index in [-0.39, 0.29) is 16.3 Å². The van der Waals surface area contributed by atoms with Gasteiger partial charge in [-0.15, -0.1) is 0 Å². The molecule has 0 aliphatic rings. The summed E-state index contributed by atoms with van der Waals surface area (Å²) in [6, 6.07) is 4.34. The highest BCUT2D eigenvalue weighted by Gasteiger charge is 2.27. The molecule has 2 N–H and O–H groups in total. The highest BCUT2D eigenvalue weighted by atomic mass is 35.5. The number of rotatable bonds is 3. The first kappa shape index (κ1) is 12.3. The summed E-state index contributed by atoms with van der Waals surface area (Å²) >= 11 is 5.69. The Morgan fingerprint density at radius 3 is 2.53 bits per heavy atom. The van der Waals surface area contributed by atoms with Crippen LogP contribution >= 0.6 is 11.6 Å². The van der Waals surface area contributed by atoms with Crippen LogP contribution in [0.25, 0.3) is 0 Å². The van der Waals surface area contributed by atoms with Crippen LogP contribution in [0, 0.1) is 0 Å². The molecule has 0 heterocycles. The maximum atomic E-state index is 10.7. The molecule has 0 saturated carbocycles. The van der Waals surface area contributed by atoms with Crippen LogP contribution in [0.4, 0.5) is 0 Å². The molecule has 0 aliphatic carbocycles. The minimum atomic E-state index is -4.62. The van der Waals surface area contributed by atoms with E-state index in [4.69, 9.17) is 20.9 Å². The summed E-state index contributed by atoms with van der Waals surface area (Å²) in [6.45, 7) is 0. The van der Waals surface area contributed by atoms with Gasteiger partial charge in [-0.1, -0.05) is 17.7 Å². The Morgan fingerprint density at radius 1 is 1.47 bits per heavy atom. The molecular weight excluding hydrogens is 244 g/mol. The largest absolute Gasteiger partial charge is 0.496 e. The van der Waals surface area contributed by atoms with E-state index in [0.717, 1.165) is 0 Å². The van der Waals surface area contributed by atoms with Crippen molar-refractivity contribution >= 4 is 21.7 Å². The minimum Gasteiger partial charge on any atom is -0.496 e. The normalized spacial score (nSPS) is 13.6. The van der Waals surface area contributed by atoms with Crippen LogP contribution < -0.4 is 4.74 Å². The Labute approximate surface area is 92.0 Å². The molecule has 1 aromatic carbocycles. The lowest BCUT2D eigenvalue weighted by atomic mass is 10.2. The number of halogens is 1. The van der Waals surface area contributed by atoms with E-state index >= 15 is 0 Å². The lowest BCUT2D eigenvalue weighted by Gasteiger charge is -2.13. The van der Waals surface area contributed by atoms with Gasteiger partial charge in [0.1, 0.15) is 5.75 Å². The molecule has 0 bridgehead atoms. The molecule has 84 valence electrons. The average Bonchev–Trinajstić information content (AvgIpc) is 2.15. The van der Waals surface area contributed by atoms with Gasteiger partial charge in [0.15, 0.2) is 0 Å². The van der Waals surface area contributed by atoms with Crippen molar-refractivity contribution in [1.82, 2.24) is 0 Å². The fraction of sp³-hybridized carbons (Fsp3) is 0.250. The zero-order chi connectivity index (χ0) is 11.6. The standard InChI is InChI=1S/C8H9ClO5S/c1-14-6-4-2-3-5(9)7(6)8(10)15(11,12)13/h2-4,8,10H,1H3,(H,11,12,13). The molecule has 5 nitrogen and oxygen atoms in total. The Balaban J connectivity index is 3.36. The van der Waals surface area contributed by atoms with E-state index in [2.05, 4.69) is 0 Å². The van der Waals surface area contributed by atoms with Gasteiger partial charge in [0.2, 0.25) is 5.44 Å². The molecule has 0 radical (unpaired) electrons. The number of benzene rings is 1. The van der Waals surface area contributed by atoms with Crippen molar-refractivity contribution in [3.05, 3.63) is 28.8 Å². The summed E-state index contributed by atoms with van der Waals surface area (Å²) in [5.74, 6) is 0.0904. The molecule has 0 amide bonds. The number of aliphatic hydroxyl groups is 1. The van der Waals surface area contributed by atoms with Gasteiger partial charge in [0, 0.05) is 0 Å². The van der Waals surface area contributed by atoms with Gasteiger partial charge in [0.25, 0.3) is 10.1 Å². The van der Waals surface area contributed by atoms with Crippen molar-refractivity contribution in [1.29, 1.82) is 0 Å². The second kappa shape index (κ2) is 4.36. The molecule has 0 aromatic heterocycles. The summed E-state index contributed by atoms with van der Waals surface area (Å²) < 4.78 is 35.0. The lowest BCUT2D eigenvalue weighted by molar-refractivity contribution is 0.233. The second-order valence-corrected chi connectivity index (χ2v) is 4.61. The van der Waals surface area contributed by atoms with E-state index in [0.29, 0.717) is 0 Å². The maximum absolute atomic E-state index is 10.7. The topological polar surface area (TPSA) is 83.8 Å². The zero-order valence-corrected chi connectivity index (χ0v) is 9.29. The smallest absolute Gasteiger partial charge is 0.296 e. The third kappa shape index (κ3) is 2.60. The molecule has 1 atom stereocenters. The van der Waals surface area contributed by atoms with Crippen molar-refractivity contribution in [2.75, 3.05) is 7.11 Å². The molecule has 15 heavy (non-hydrogen) atoms. The molecule has 7 heteroatoms. The van der Waals surface area contributed by atoms with Gasteiger partial charge in [-0.2, -0.15) is 8.42 Å². The summed E-state index contributed by atoms with van der Waals surface area (Å²) in [6.07, 6.45) is 0. The Hall–Kier alpha value is -0.820. The fourth-order valence-electron chi connectivity index (χ4n) is 1.08. The van der Waals surface area contributed by atoms with Gasteiger partial charge in [-0.05, 0) is 12.1 Å². The number of ether oxygens (including phenoxy) is 1. The molecule has 0 fully saturated rings. The number of hydrogen-bond donors (Lipinski definition) is 2. The second-order valence-electron chi connectivity index (χ2n) is 2.72. The number of methoxy groups -OCH3 is 1. The van der Waals surface area contributed by atoms with Crippen LogP contribution in [0.2, 0.25) is 5.02 Å². The molecule has 0 aliphatic heterocycles. The summed E-state index contributed by atoms with van der Waals surface area (Å²) in [5, 5.41) is 9.35. The quantitative estimate of drug-likeness (QED) is 0.791. The monoisotopic (exact) mass is 252 g/mol. The predicted molar refractivity (Wildman–Crippen MR) is 54.5 cm³/mol. The van der Waals surface area contributed by atoms with Crippen LogP contribution in [-0.2, 0) is 10.1 Å². The van der Waals surface area contributed by atoms with Crippen molar-refractivity contribution in [3.8, 4) is 5.75 Å². The van der Waals surface area contributed by atoms with Gasteiger partial charge in [0.05, 0.1) is 17.7 Å². The maximum Gasteiger partial charge on any atom is 0.296 e. The van der Waals surface area contributed by atoms with E-state index in [1.165, 1.54) is 25.3 Å². The zero-order valence-electron chi connectivity index (χ0n) is 7.71. The molecule has 1 aromatic rings. The van der Waals surface area contributed by atoms with E-state index in [1.54, 1.807) is 0 Å². The van der Waals surface area contributed by atoms with Crippen LogP contribution in [0.3, 0.4) is 0 Å². The Kier molecular flexibility index (Phi) is 3.56. The van der Waals surface area contributed by atoms with Gasteiger partial charge >= 0.3 is 0 Å². The van der Waals surface area contributed by atoms with Gasteiger partial charge in [-0.3, -0.25) is 4.55 Å². The van der Waals surface area contributed by atoms with E-state index in [9.17, 15) is 13.5 Å². The summed E-state index contributed by atoms with van der Waals surface area (Å²) in [7, 11) is -3.32. The van der Waals surface area contributed by atoms with Gasteiger partial charge < -0.3 is 9.84 Å². The third-order valence-corrected chi connectivity index (χ3v) is 2.89. The molecule has 0 spiro atoms. The van der Waals surface area contributed by atoms with Crippen molar-refractivity contribution in [2.24, 2.45) is 0 Å². The lowest BCUT2D eigenvalue weighted by Crippen LogP contribution is -2.12. The Morgan fingerprint density at radius 2 is 2.07 bits per heavy atom. The van der Waals surface area contributed by atoms with Crippen molar-refractivity contribution in [2.45, 2.75) is 5.44 Å². The highest BCUT2D eigenvalue weighted by Crippen LogP contribution is 2.34. The minimum absolute atomic E-state index is 0.000486. The van der Waals surface area contributed by atoms with Crippen LogP contribution in [0.15, 0.2) is 18.2 Å². The van der Waals surface area contributed by atoms with Crippen molar-refractivity contribution < 1.29 is 22.8 Å². The molecular formula is C8H9ClO5S. The van der Waals surface area contributed by atoms with Gasteiger partial charge in [-0.25, -0.2) is 0 Å². The van der Waals surface area contributed by atoms with Crippen LogP contribution in [0.5, 0.6) is 5.75 Å². The first-order valence-corrected chi connectivity index (χ1v) is 5.73. The number of aliphatic hydroxyl groups excluding tert-OH is 1. The molecule has 0 saturated heterocycles. The highest BCUT2D eigenvalue weighted by molar-refractivity contribution is 7.85. The first-order chi connectivity index (χ1) is 6.88. The fourth-order valence-corrected chi connectivity index (χ4v) is 1.96. The average molecular weight is 253 g/mol. The summed E-state index contributed by atoms with van der Waals surface area (Å²) in [4.78, 5) is 0. The third-order valence-electron chi connectivity index (χ3n) is 1.76. The predicted octanol–water partition coefficient (Wildman–Crippen LogP) is 1.23. The summed E-state index contributed by atoms with van der Waals surface area (Å²) in [5.41, 5.74) is -2.29. The number of hydrogen-bond acceptors (Lipinski definition) is 4. The van der Waals surface area contributed by atoms with Crippen LogP contribution in [0.1, 0.15) is 11.0 Å². The van der Waals surface area contributed by atoms with Crippen molar-refractivity contribution in [3.63, 3.8) is 0 Å².